The van der Waals surface area contributed by atoms with Crippen LogP contribution >= 0.6 is 0 Å². The molecule has 2 aromatic carbocycles. The Labute approximate surface area is 151 Å². The molecule has 0 saturated carbocycles. The minimum Gasteiger partial charge on any atom is -0.486 e. The first kappa shape index (κ1) is 17.8. The van der Waals surface area contributed by atoms with Crippen molar-refractivity contribution >= 4 is 11.9 Å². The molecule has 0 amide bonds. The summed E-state index contributed by atoms with van der Waals surface area (Å²) in [7, 11) is 1.33. The van der Waals surface area contributed by atoms with E-state index in [-0.39, 0.29) is 19.0 Å². The molecule has 1 heterocycles. The van der Waals surface area contributed by atoms with Gasteiger partial charge in [-0.3, -0.25) is 4.79 Å². The summed E-state index contributed by atoms with van der Waals surface area (Å²) in [5.41, 5.74) is 2.26. The van der Waals surface area contributed by atoms with Crippen LogP contribution in [0.4, 0.5) is 0 Å². The van der Waals surface area contributed by atoms with Crippen molar-refractivity contribution in [3.8, 4) is 11.5 Å². The van der Waals surface area contributed by atoms with Crippen LogP contribution in [0.3, 0.4) is 0 Å². The van der Waals surface area contributed by atoms with Crippen LogP contribution in [0.1, 0.15) is 27.9 Å². The molecule has 136 valence electrons. The van der Waals surface area contributed by atoms with Crippen LogP contribution in [-0.4, -0.2) is 32.3 Å². The molecule has 0 N–H and O–H groups in total. The van der Waals surface area contributed by atoms with E-state index in [2.05, 4.69) is 4.74 Å². The maximum Gasteiger partial charge on any atom is 0.337 e. The van der Waals surface area contributed by atoms with Crippen molar-refractivity contribution in [1.82, 2.24) is 0 Å². The zero-order valence-corrected chi connectivity index (χ0v) is 14.5. The van der Waals surface area contributed by atoms with E-state index in [0.717, 1.165) is 16.9 Å². The molecule has 1 aliphatic heterocycles. The number of hydrogen-bond acceptors (Lipinski definition) is 6. The van der Waals surface area contributed by atoms with Gasteiger partial charge >= 0.3 is 11.9 Å². The minimum atomic E-state index is -0.395. The average molecular weight is 356 g/mol. The number of hydrogen-bond donors (Lipinski definition) is 0. The number of methoxy groups -OCH3 is 1. The van der Waals surface area contributed by atoms with E-state index in [0.29, 0.717) is 30.9 Å². The van der Waals surface area contributed by atoms with E-state index < -0.39 is 5.97 Å². The Bertz CT molecular complexity index is 781. The van der Waals surface area contributed by atoms with Crippen molar-refractivity contribution in [1.29, 1.82) is 0 Å². The van der Waals surface area contributed by atoms with Gasteiger partial charge in [0.2, 0.25) is 0 Å². The fraction of sp³-hybridized carbons (Fsp3) is 0.300. The molecular formula is C20H20O6. The number of ether oxygens (including phenoxy) is 4. The van der Waals surface area contributed by atoms with E-state index in [1.54, 1.807) is 24.3 Å². The SMILES string of the molecule is COC(=O)c1ccc(COC(=O)CCc2ccc3c(c2)OCCO3)cc1. The molecule has 0 aromatic heterocycles. The van der Waals surface area contributed by atoms with Gasteiger partial charge in [-0.05, 0) is 41.8 Å². The van der Waals surface area contributed by atoms with Gasteiger partial charge in [-0.15, -0.1) is 0 Å². The number of esters is 2. The third-order valence-electron chi connectivity index (χ3n) is 4.00. The Morgan fingerprint density at radius 2 is 1.65 bits per heavy atom. The summed E-state index contributed by atoms with van der Waals surface area (Å²) in [6.07, 6.45) is 0.844. The number of benzene rings is 2. The number of aryl methyl sites for hydroxylation is 1. The molecule has 0 aliphatic carbocycles. The lowest BCUT2D eigenvalue weighted by Gasteiger charge is -2.18. The second-order valence-electron chi connectivity index (χ2n) is 5.83. The highest BCUT2D eigenvalue weighted by molar-refractivity contribution is 5.89. The first-order chi connectivity index (χ1) is 12.7. The topological polar surface area (TPSA) is 71.1 Å². The lowest BCUT2D eigenvalue weighted by Crippen LogP contribution is -2.15. The highest BCUT2D eigenvalue weighted by Gasteiger charge is 2.13. The van der Waals surface area contributed by atoms with Crippen molar-refractivity contribution in [3.05, 3.63) is 59.2 Å². The maximum absolute atomic E-state index is 11.9. The van der Waals surface area contributed by atoms with Gasteiger partial charge in [-0.25, -0.2) is 4.79 Å². The van der Waals surface area contributed by atoms with E-state index in [1.165, 1.54) is 7.11 Å². The smallest absolute Gasteiger partial charge is 0.337 e. The van der Waals surface area contributed by atoms with E-state index in [1.807, 2.05) is 18.2 Å². The molecule has 1 aliphatic rings. The number of carbonyl (C=O) groups is 2. The van der Waals surface area contributed by atoms with Crippen molar-refractivity contribution in [2.24, 2.45) is 0 Å². The average Bonchev–Trinajstić information content (AvgIpc) is 2.70. The molecule has 0 fully saturated rings. The molecule has 0 unspecified atom stereocenters. The van der Waals surface area contributed by atoms with Gasteiger partial charge in [-0.1, -0.05) is 18.2 Å². The van der Waals surface area contributed by atoms with Crippen molar-refractivity contribution < 1.29 is 28.5 Å². The minimum absolute atomic E-state index is 0.168. The lowest BCUT2D eigenvalue weighted by atomic mass is 10.1. The Hall–Kier alpha value is -3.02. The van der Waals surface area contributed by atoms with Crippen molar-refractivity contribution in [2.45, 2.75) is 19.4 Å². The zero-order valence-electron chi connectivity index (χ0n) is 14.5. The zero-order chi connectivity index (χ0) is 18.4. The molecule has 6 nitrogen and oxygen atoms in total. The summed E-state index contributed by atoms with van der Waals surface area (Å²) in [6, 6.07) is 12.4. The van der Waals surface area contributed by atoms with Crippen LogP contribution < -0.4 is 9.47 Å². The molecule has 0 atom stereocenters. The first-order valence-electron chi connectivity index (χ1n) is 8.37. The molecular weight excluding hydrogens is 336 g/mol. The summed E-state index contributed by atoms with van der Waals surface area (Å²) >= 11 is 0. The van der Waals surface area contributed by atoms with Crippen molar-refractivity contribution in [3.63, 3.8) is 0 Å². The van der Waals surface area contributed by atoms with Gasteiger partial charge in [0.05, 0.1) is 12.7 Å². The predicted molar refractivity (Wildman–Crippen MR) is 93.3 cm³/mol. The van der Waals surface area contributed by atoms with Gasteiger partial charge < -0.3 is 18.9 Å². The monoisotopic (exact) mass is 356 g/mol. The van der Waals surface area contributed by atoms with Crippen LogP contribution in [0.2, 0.25) is 0 Å². The lowest BCUT2D eigenvalue weighted by molar-refractivity contribution is -0.144. The highest BCUT2D eigenvalue weighted by atomic mass is 16.6. The van der Waals surface area contributed by atoms with Gasteiger partial charge in [0.1, 0.15) is 19.8 Å². The largest absolute Gasteiger partial charge is 0.486 e. The Kier molecular flexibility index (Phi) is 5.73. The molecule has 26 heavy (non-hydrogen) atoms. The van der Waals surface area contributed by atoms with Gasteiger partial charge in [0, 0.05) is 6.42 Å². The number of rotatable bonds is 6. The van der Waals surface area contributed by atoms with E-state index in [9.17, 15) is 9.59 Å². The Balaban J connectivity index is 1.46. The van der Waals surface area contributed by atoms with Crippen LogP contribution in [0, 0.1) is 0 Å². The predicted octanol–water partition coefficient (Wildman–Crippen LogP) is 2.92. The number of fused-ring (bicyclic) bond motifs is 1. The van der Waals surface area contributed by atoms with E-state index in [4.69, 9.17) is 14.2 Å². The first-order valence-corrected chi connectivity index (χ1v) is 8.37. The molecule has 0 bridgehead atoms. The Morgan fingerprint density at radius 1 is 0.962 bits per heavy atom. The van der Waals surface area contributed by atoms with Gasteiger partial charge in [-0.2, -0.15) is 0 Å². The fourth-order valence-electron chi connectivity index (χ4n) is 2.58. The summed E-state index contributed by atoms with van der Waals surface area (Å²) in [4.78, 5) is 23.3. The van der Waals surface area contributed by atoms with Crippen LogP contribution in [0.15, 0.2) is 42.5 Å². The number of carbonyl (C=O) groups excluding carboxylic acids is 2. The third-order valence-corrected chi connectivity index (χ3v) is 4.00. The fourth-order valence-corrected chi connectivity index (χ4v) is 2.58. The molecule has 0 radical (unpaired) electrons. The molecule has 0 saturated heterocycles. The summed E-state index contributed by atoms with van der Waals surface area (Å²) in [6.45, 7) is 1.26. The van der Waals surface area contributed by atoms with Crippen LogP contribution in [-0.2, 0) is 27.3 Å². The van der Waals surface area contributed by atoms with E-state index >= 15 is 0 Å². The molecule has 3 rings (SSSR count). The Morgan fingerprint density at radius 3 is 2.38 bits per heavy atom. The molecule has 6 heteroatoms. The third kappa shape index (κ3) is 4.53. The maximum atomic E-state index is 11.9. The van der Waals surface area contributed by atoms with Crippen LogP contribution in [0.5, 0.6) is 11.5 Å². The van der Waals surface area contributed by atoms with Gasteiger partial charge in [0.15, 0.2) is 11.5 Å². The summed E-state index contributed by atoms with van der Waals surface area (Å²) in [5.74, 6) is 0.774. The quantitative estimate of drug-likeness (QED) is 0.741. The molecule has 0 spiro atoms. The van der Waals surface area contributed by atoms with Gasteiger partial charge in [0.25, 0.3) is 0 Å². The highest BCUT2D eigenvalue weighted by Crippen LogP contribution is 2.31. The summed E-state index contributed by atoms with van der Waals surface area (Å²) in [5, 5.41) is 0. The standard InChI is InChI=1S/C20H20O6/c1-23-20(22)16-6-2-15(3-7-16)13-26-19(21)9-5-14-4-8-17-18(12-14)25-11-10-24-17/h2-4,6-8,12H,5,9-11,13H2,1H3. The second kappa shape index (κ2) is 8.38. The molecule has 2 aromatic rings. The van der Waals surface area contributed by atoms with Crippen LogP contribution in [0.25, 0.3) is 0 Å². The van der Waals surface area contributed by atoms with Crippen molar-refractivity contribution in [2.75, 3.05) is 20.3 Å². The normalized spacial score (nSPS) is 12.3. The summed E-state index contributed by atoms with van der Waals surface area (Å²) < 4.78 is 20.9. The second-order valence-corrected chi connectivity index (χ2v) is 5.83.